The van der Waals surface area contributed by atoms with Crippen LogP contribution < -0.4 is 5.32 Å². The standard InChI is InChI=1S/C12H15F2NOS/c13-12(14,17)9(16)15-5-10-3-7-1-6-2-8(4-10)11(6,7)10/h6-8,17H,1-5H2,(H,15,16). The van der Waals surface area contributed by atoms with Crippen LogP contribution in [0.3, 0.4) is 0 Å². The van der Waals surface area contributed by atoms with Gasteiger partial charge >= 0.3 is 11.2 Å². The number of carbonyl (C=O) groups excluding carboxylic acids is 1. The Morgan fingerprint density at radius 1 is 1.29 bits per heavy atom. The summed E-state index contributed by atoms with van der Waals surface area (Å²) in [6.07, 6.45) is 4.96. The molecule has 0 aromatic rings. The summed E-state index contributed by atoms with van der Waals surface area (Å²) in [7, 11) is 0. The lowest BCUT2D eigenvalue weighted by molar-refractivity contribution is -0.428. The van der Waals surface area contributed by atoms with E-state index in [1.165, 1.54) is 12.8 Å². The fraction of sp³-hybridized carbons (Fsp3) is 0.917. The molecular weight excluding hydrogens is 244 g/mol. The Bertz CT molecular complexity index is 394. The Hall–Kier alpha value is -0.320. The second-order valence-corrected chi connectivity index (χ2v) is 6.97. The van der Waals surface area contributed by atoms with Gasteiger partial charge in [-0.15, -0.1) is 0 Å². The molecule has 2 nitrogen and oxygen atoms in total. The fourth-order valence-corrected chi connectivity index (χ4v) is 5.90. The molecule has 4 rings (SSSR count). The van der Waals surface area contributed by atoms with Crippen molar-refractivity contribution in [3.63, 3.8) is 0 Å². The minimum absolute atomic E-state index is 0.179. The van der Waals surface area contributed by atoms with Crippen molar-refractivity contribution in [1.82, 2.24) is 5.32 Å². The average Bonchev–Trinajstić information content (AvgIpc) is 2.10. The minimum Gasteiger partial charge on any atom is -0.349 e. The van der Waals surface area contributed by atoms with Gasteiger partial charge in [0.05, 0.1) is 0 Å². The molecule has 94 valence electrons. The van der Waals surface area contributed by atoms with Gasteiger partial charge in [0, 0.05) is 6.54 Å². The van der Waals surface area contributed by atoms with Crippen molar-refractivity contribution in [3.8, 4) is 0 Å². The van der Waals surface area contributed by atoms with Crippen LogP contribution in [0.1, 0.15) is 25.7 Å². The Labute approximate surface area is 104 Å². The van der Waals surface area contributed by atoms with Crippen LogP contribution in [0.4, 0.5) is 8.78 Å². The number of thiol groups is 1. The molecule has 0 bridgehead atoms. The van der Waals surface area contributed by atoms with Gasteiger partial charge in [0.1, 0.15) is 0 Å². The summed E-state index contributed by atoms with van der Waals surface area (Å²) in [4.78, 5) is 11.1. The summed E-state index contributed by atoms with van der Waals surface area (Å²) in [6.45, 7) is 0.436. The summed E-state index contributed by atoms with van der Waals surface area (Å²) >= 11 is 3.00. The topological polar surface area (TPSA) is 29.1 Å². The molecule has 0 heterocycles. The van der Waals surface area contributed by atoms with Crippen LogP contribution in [-0.2, 0) is 4.79 Å². The van der Waals surface area contributed by atoms with Gasteiger partial charge in [-0.25, -0.2) is 0 Å². The van der Waals surface area contributed by atoms with Crippen LogP contribution in [0.25, 0.3) is 0 Å². The van der Waals surface area contributed by atoms with Crippen molar-refractivity contribution in [1.29, 1.82) is 0 Å². The van der Waals surface area contributed by atoms with E-state index in [0.717, 1.165) is 30.6 Å². The van der Waals surface area contributed by atoms with Crippen LogP contribution in [0.2, 0.25) is 0 Å². The zero-order chi connectivity index (χ0) is 12.1. The minimum atomic E-state index is -3.54. The van der Waals surface area contributed by atoms with Crippen molar-refractivity contribution < 1.29 is 13.6 Å². The van der Waals surface area contributed by atoms with E-state index in [-0.39, 0.29) is 5.41 Å². The molecule has 4 aliphatic carbocycles. The summed E-state index contributed by atoms with van der Waals surface area (Å²) < 4.78 is 25.3. The second-order valence-electron chi connectivity index (χ2n) is 6.41. The molecule has 4 saturated carbocycles. The lowest BCUT2D eigenvalue weighted by atomic mass is 9.13. The third-order valence-electron chi connectivity index (χ3n) is 6.22. The zero-order valence-electron chi connectivity index (χ0n) is 9.38. The van der Waals surface area contributed by atoms with E-state index in [0.29, 0.717) is 12.0 Å². The van der Waals surface area contributed by atoms with Gasteiger partial charge in [-0.1, -0.05) is 12.6 Å². The number of rotatable bonds is 3. The molecule has 0 radical (unpaired) electrons. The lowest BCUT2D eigenvalue weighted by Gasteiger charge is -2.91. The number of hydrogen-bond donors (Lipinski definition) is 2. The van der Waals surface area contributed by atoms with Gasteiger partial charge in [0.15, 0.2) is 0 Å². The van der Waals surface area contributed by atoms with Crippen molar-refractivity contribution in [2.24, 2.45) is 28.6 Å². The number of halogens is 2. The molecule has 0 aromatic heterocycles. The quantitative estimate of drug-likeness (QED) is 0.746. The van der Waals surface area contributed by atoms with E-state index in [1.54, 1.807) is 0 Å². The fourth-order valence-electron chi connectivity index (χ4n) is 5.82. The third-order valence-corrected chi connectivity index (χ3v) is 6.42. The Balaban J connectivity index is 1.44. The highest BCUT2D eigenvalue weighted by molar-refractivity contribution is 7.82. The van der Waals surface area contributed by atoms with Gasteiger partial charge < -0.3 is 5.32 Å². The highest BCUT2D eigenvalue weighted by Crippen LogP contribution is 2.92. The monoisotopic (exact) mass is 259 g/mol. The van der Waals surface area contributed by atoms with Crippen molar-refractivity contribution in [2.75, 3.05) is 6.54 Å². The first-order valence-electron chi connectivity index (χ1n) is 6.29. The Morgan fingerprint density at radius 3 is 2.29 bits per heavy atom. The van der Waals surface area contributed by atoms with E-state index >= 15 is 0 Å². The third kappa shape index (κ3) is 0.913. The van der Waals surface area contributed by atoms with E-state index in [2.05, 4.69) is 17.9 Å². The molecule has 4 fully saturated rings. The van der Waals surface area contributed by atoms with Crippen molar-refractivity contribution in [3.05, 3.63) is 0 Å². The summed E-state index contributed by atoms with van der Waals surface area (Å²) in [5.74, 6) is 1.28. The first-order valence-corrected chi connectivity index (χ1v) is 6.73. The Morgan fingerprint density at radius 2 is 1.88 bits per heavy atom. The molecule has 5 heteroatoms. The van der Waals surface area contributed by atoms with Crippen LogP contribution >= 0.6 is 12.6 Å². The molecule has 0 saturated heterocycles. The van der Waals surface area contributed by atoms with Crippen LogP contribution in [-0.4, -0.2) is 17.7 Å². The highest BCUT2D eigenvalue weighted by Gasteiger charge is 2.87. The van der Waals surface area contributed by atoms with E-state index < -0.39 is 11.2 Å². The number of amides is 1. The Kier molecular flexibility index (Phi) is 1.65. The number of hydrogen-bond acceptors (Lipinski definition) is 2. The van der Waals surface area contributed by atoms with Crippen LogP contribution in [0, 0.1) is 28.6 Å². The molecule has 17 heavy (non-hydrogen) atoms. The highest BCUT2D eigenvalue weighted by atomic mass is 32.1. The molecule has 4 aliphatic rings. The van der Waals surface area contributed by atoms with E-state index in [9.17, 15) is 13.6 Å². The molecular formula is C12H15F2NOS. The predicted molar refractivity (Wildman–Crippen MR) is 60.7 cm³/mol. The summed E-state index contributed by atoms with van der Waals surface area (Å²) in [5, 5.41) is -1.14. The molecule has 0 aliphatic heterocycles. The van der Waals surface area contributed by atoms with Crippen LogP contribution in [0.15, 0.2) is 0 Å². The number of carbonyl (C=O) groups is 1. The molecule has 1 N–H and O–H groups in total. The largest absolute Gasteiger partial charge is 0.367 e. The number of nitrogens with one attached hydrogen (secondary N) is 1. The SMILES string of the molecule is O=C(NCC12CC3CC4CC(C1)C432)C(F)(F)S. The lowest BCUT2D eigenvalue weighted by Crippen LogP contribution is -2.87. The van der Waals surface area contributed by atoms with Gasteiger partial charge in [-0.3, -0.25) is 4.79 Å². The van der Waals surface area contributed by atoms with E-state index in [1.807, 2.05) is 0 Å². The van der Waals surface area contributed by atoms with Crippen LogP contribution in [0.5, 0.6) is 0 Å². The molecule has 2 unspecified atom stereocenters. The molecule has 1 spiro atoms. The van der Waals surface area contributed by atoms with Gasteiger partial charge in [0.25, 0.3) is 0 Å². The second kappa shape index (κ2) is 2.65. The van der Waals surface area contributed by atoms with Gasteiger partial charge in [-0.2, -0.15) is 8.78 Å². The van der Waals surface area contributed by atoms with Gasteiger partial charge in [-0.05, 0) is 54.3 Å². The maximum absolute atomic E-state index is 12.7. The number of alkyl halides is 2. The van der Waals surface area contributed by atoms with Crippen molar-refractivity contribution >= 4 is 18.5 Å². The first kappa shape index (κ1) is 10.6. The maximum atomic E-state index is 12.7. The molecule has 0 aromatic carbocycles. The summed E-state index contributed by atoms with van der Waals surface area (Å²) in [5.41, 5.74) is 0.657. The smallest absolute Gasteiger partial charge is 0.349 e. The average molecular weight is 259 g/mol. The first-order chi connectivity index (χ1) is 7.90. The molecule has 1 amide bonds. The summed E-state index contributed by atoms with van der Waals surface area (Å²) in [6, 6.07) is 0. The van der Waals surface area contributed by atoms with Crippen molar-refractivity contribution in [2.45, 2.75) is 30.9 Å². The predicted octanol–water partition coefficient (Wildman–Crippen LogP) is 2.06. The van der Waals surface area contributed by atoms with E-state index in [4.69, 9.17) is 0 Å². The molecule has 2 atom stereocenters. The van der Waals surface area contributed by atoms with Gasteiger partial charge in [0.2, 0.25) is 0 Å². The maximum Gasteiger partial charge on any atom is 0.367 e. The normalized spacial score (nSPS) is 53.0. The zero-order valence-corrected chi connectivity index (χ0v) is 10.3.